The zero-order valence-corrected chi connectivity index (χ0v) is 10.7. The number of alkyl halides is 9. The maximum Gasteiger partial charge on any atom is 0.437 e. The number of ether oxygens (including phenoxy) is 1. The largest absolute Gasteiger partial charge is 0.437 e. The number of hydrogen-bond acceptors (Lipinski definition) is 2. The van der Waals surface area contributed by atoms with E-state index in [-0.39, 0.29) is 6.42 Å². The van der Waals surface area contributed by atoms with Crippen LogP contribution in [0.1, 0.15) is 13.3 Å². The van der Waals surface area contributed by atoms with Crippen molar-refractivity contribution in [2.24, 2.45) is 0 Å². The van der Waals surface area contributed by atoms with Crippen molar-refractivity contribution in [2.75, 3.05) is 26.6 Å². The SMILES string of the molecule is CCOC(F)(F)C(F)(F)N(F)C(F)(F)CF.FCCCF. The van der Waals surface area contributed by atoms with Crippen LogP contribution in [0.25, 0.3) is 0 Å². The molecule has 0 spiro atoms. The Labute approximate surface area is 113 Å². The first-order chi connectivity index (χ1) is 9.44. The highest BCUT2D eigenvalue weighted by atomic mass is 19.3. The molecule has 0 rings (SSSR count). The van der Waals surface area contributed by atoms with E-state index in [4.69, 9.17) is 0 Å². The first-order valence-electron chi connectivity index (χ1n) is 5.36. The Hall–Kier alpha value is -0.780. The molecular formula is C9H13F10NO. The fourth-order valence-electron chi connectivity index (χ4n) is 0.691. The third kappa shape index (κ3) is 6.68. The summed E-state index contributed by atoms with van der Waals surface area (Å²) in [6.07, 6.45) is -5.45. The number of hydrogen-bond donors (Lipinski definition) is 0. The van der Waals surface area contributed by atoms with Gasteiger partial charge in [-0.05, 0) is 12.0 Å². The van der Waals surface area contributed by atoms with Crippen molar-refractivity contribution < 1.29 is 48.7 Å². The molecule has 0 fully saturated rings. The maximum absolute atomic E-state index is 12.5. The van der Waals surface area contributed by atoms with Gasteiger partial charge in [0.25, 0.3) is 0 Å². The molecule has 0 bridgehead atoms. The van der Waals surface area contributed by atoms with Gasteiger partial charge in [0.15, 0.2) is 6.67 Å². The predicted molar refractivity (Wildman–Crippen MR) is 52.0 cm³/mol. The van der Waals surface area contributed by atoms with Crippen molar-refractivity contribution >= 4 is 0 Å². The van der Waals surface area contributed by atoms with Crippen molar-refractivity contribution in [3.63, 3.8) is 0 Å². The van der Waals surface area contributed by atoms with Crippen molar-refractivity contribution in [3.05, 3.63) is 0 Å². The van der Waals surface area contributed by atoms with E-state index in [0.717, 1.165) is 6.92 Å². The third-order valence-corrected chi connectivity index (χ3v) is 1.64. The molecule has 0 heterocycles. The topological polar surface area (TPSA) is 12.5 Å². The minimum Gasteiger partial charge on any atom is -0.315 e. The van der Waals surface area contributed by atoms with E-state index in [1.807, 2.05) is 0 Å². The van der Waals surface area contributed by atoms with E-state index in [2.05, 4.69) is 4.74 Å². The first kappa shape index (κ1) is 22.5. The second-order valence-electron chi connectivity index (χ2n) is 3.30. The van der Waals surface area contributed by atoms with Crippen LogP contribution in [0, 0.1) is 0 Å². The van der Waals surface area contributed by atoms with Crippen LogP contribution < -0.4 is 0 Å². The highest BCUT2D eigenvalue weighted by Crippen LogP contribution is 2.43. The smallest absolute Gasteiger partial charge is 0.315 e. The summed E-state index contributed by atoms with van der Waals surface area (Å²) in [7, 11) is 0. The highest BCUT2D eigenvalue weighted by Gasteiger charge is 2.69. The van der Waals surface area contributed by atoms with Crippen LogP contribution in [-0.2, 0) is 4.74 Å². The first-order valence-corrected chi connectivity index (χ1v) is 5.36. The Morgan fingerprint density at radius 2 is 1.33 bits per heavy atom. The van der Waals surface area contributed by atoms with Crippen molar-refractivity contribution in [1.82, 2.24) is 5.12 Å². The van der Waals surface area contributed by atoms with E-state index in [1.54, 1.807) is 0 Å². The molecule has 0 saturated carbocycles. The summed E-state index contributed by atoms with van der Waals surface area (Å²) in [5, 5.41) is -2.85. The monoisotopic (exact) mass is 341 g/mol. The second-order valence-corrected chi connectivity index (χ2v) is 3.30. The molecule has 12 heteroatoms. The molecule has 0 aliphatic carbocycles. The van der Waals surface area contributed by atoms with Gasteiger partial charge >= 0.3 is 18.2 Å². The third-order valence-electron chi connectivity index (χ3n) is 1.64. The predicted octanol–water partition coefficient (Wildman–Crippen LogP) is 4.27. The van der Waals surface area contributed by atoms with E-state index >= 15 is 0 Å². The van der Waals surface area contributed by atoms with E-state index in [9.17, 15) is 44.0 Å². The summed E-state index contributed by atoms with van der Waals surface area (Å²) < 4.78 is 122. The molecule has 0 N–H and O–H groups in total. The molecule has 0 aliphatic heterocycles. The molecule has 0 saturated heterocycles. The molecule has 0 aromatic rings. The summed E-state index contributed by atoms with van der Waals surface area (Å²) in [6.45, 7) is -4.06. The molecule has 0 aliphatic rings. The lowest BCUT2D eigenvalue weighted by Gasteiger charge is -2.32. The van der Waals surface area contributed by atoms with E-state index in [1.165, 1.54) is 0 Å². The van der Waals surface area contributed by atoms with Gasteiger partial charge in [-0.1, -0.05) is 0 Å². The van der Waals surface area contributed by atoms with Crippen LogP contribution in [-0.4, -0.2) is 50.0 Å². The van der Waals surface area contributed by atoms with Gasteiger partial charge in [0.1, 0.15) is 0 Å². The van der Waals surface area contributed by atoms with Gasteiger partial charge in [-0.2, -0.15) is 26.3 Å². The molecule has 0 amide bonds. The second kappa shape index (κ2) is 9.28. The van der Waals surface area contributed by atoms with Gasteiger partial charge < -0.3 is 4.74 Å². The van der Waals surface area contributed by atoms with Gasteiger partial charge in [0, 0.05) is 6.42 Å². The van der Waals surface area contributed by atoms with Gasteiger partial charge in [0.05, 0.1) is 20.0 Å². The lowest BCUT2D eigenvalue weighted by molar-refractivity contribution is -0.459. The van der Waals surface area contributed by atoms with Gasteiger partial charge in [-0.3, -0.25) is 8.78 Å². The summed E-state index contributed by atoms with van der Waals surface area (Å²) in [5.74, 6) is 0. The van der Waals surface area contributed by atoms with Gasteiger partial charge in [0.2, 0.25) is 0 Å². The quantitative estimate of drug-likeness (QED) is 0.371. The Balaban J connectivity index is 0. The summed E-state index contributed by atoms with van der Waals surface area (Å²) >= 11 is 0. The molecule has 0 atom stereocenters. The fraction of sp³-hybridized carbons (Fsp3) is 1.00. The Kier molecular flexibility index (Phi) is 9.94. The van der Waals surface area contributed by atoms with Crippen molar-refractivity contribution in [1.29, 1.82) is 0 Å². The van der Waals surface area contributed by atoms with E-state index in [0.29, 0.717) is 0 Å². The molecule has 130 valence electrons. The van der Waals surface area contributed by atoms with Crippen LogP contribution in [0.3, 0.4) is 0 Å². The number of nitrogens with zero attached hydrogens (tertiary/aromatic N) is 1. The Bertz CT molecular complexity index is 273. The van der Waals surface area contributed by atoms with Crippen LogP contribution in [0.4, 0.5) is 44.0 Å². The molecule has 0 aromatic heterocycles. The normalized spacial score (nSPS) is 13.1. The Morgan fingerprint density at radius 3 is 1.57 bits per heavy atom. The van der Waals surface area contributed by atoms with E-state index < -0.39 is 50.0 Å². The minimum absolute atomic E-state index is 0.0556. The molecule has 0 unspecified atom stereocenters. The molecular weight excluding hydrogens is 328 g/mol. The van der Waals surface area contributed by atoms with Gasteiger partial charge in [-0.15, -0.1) is 4.48 Å². The van der Waals surface area contributed by atoms with Crippen LogP contribution in [0.2, 0.25) is 0 Å². The zero-order chi connectivity index (χ0) is 17.3. The molecule has 0 radical (unpaired) electrons. The van der Waals surface area contributed by atoms with Crippen LogP contribution in [0.15, 0.2) is 0 Å². The summed E-state index contributed by atoms with van der Waals surface area (Å²) in [4.78, 5) is 0. The number of halogens is 10. The maximum atomic E-state index is 12.5. The molecule has 21 heavy (non-hydrogen) atoms. The molecule has 0 aromatic carbocycles. The average Bonchev–Trinajstić information content (AvgIpc) is 2.39. The van der Waals surface area contributed by atoms with Crippen molar-refractivity contribution in [3.8, 4) is 0 Å². The summed E-state index contributed by atoms with van der Waals surface area (Å²) in [6, 6.07) is -11.4. The van der Waals surface area contributed by atoms with Crippen molar-refractivity contribution in [2.45, 2.75) is 31.5 Å². The lowest BCUT2D eigenvalue weighted by Crippen LogP contribution is -2.58. The highest BCUT2D eigenvalue weighted by molar-refractivity contribution is 4.78. The number of rotatable bonds is 8. The minimum atomic E-state index is -5.99. The molecule has 2 nitrogen and oxygen atoms in total. The lowest BCUT2D eigenvalue weighted by atomic mass is 10.4. The van der Waals surface area contributed by atoms with Crippen LogP contribution >= 0.6 is 0 Å². The average molecular weight is 341 g/mol. The summed E-state index contributed by atoms with van der Waals surface area (Å²) in [5.41, 5.74) is 0. The fourth-order valence-corrected chi connectivity index (χ4v) is 0.691. The van der Waals surface area contributed by atoms with Crippen LogP contribution in [0.5, 0.6) is 0 Å². The Morgan fingerprint density at radius 1 is 0.905 bits per heavy atom. The van der Waals surface area contributed by atoms with Gasteiger partial charge in [-0.25, -0.2) is 4.39 Å². The zero-order valence-electron chi connectivity index (χ0n) is 10.7. The standard InChI is InChI=1S/C6H7F8NO.C3H6F2/c1-2-16-6(12,13)5(10,11)15(14)4(8,9)3-7;4-2-1-3-5/h2-3H2,1H3;1-3H2.